The third-order valence-corrected chi connectivity index (χ3v) is 10.8. The smallest absolute Gasteiger partial charge is 0.115 e. The van der Waals surface area contributed by atoms with E-state index in [1.807, 2.05) is 23.7 Å². The minimum Gasteiger partial charge on any atom is -0.244 e. The predicted molar refractivity (Wildman–Crippen MR) is 200 cm³/mol. The number of hydrogen-bond acceptors (Lipinski definition) is 3. The zero-order chi connectivity index (χ0) is 30.9. The molecule has 47 heavy (non-hydrogen) atoms. The molecule has 0 amide bonds. The van der Waals surface area contributed by atoms with Gasteiger partial charge in [-0.1, -0.05) is 121 Å². The highest BCUT2D eigenvalue weighted by Gasteiger charge is 2.18. The first-order valence-electron chi connectivity index (χ1n) is 15.9. The molecule has 2 heterocycles. The number of thiophene rings is 1. The number of aromatic nitrogens is 2. The number of benzene rings is 8. The van der Waals surface area contributed by atoms with Gasteiger partial charge in [0.2, 0.25) is 0 Å². The molecule has 0 N–H and O–H groups in total. The van der Waals surface area contributed by atoms with E-state index < -0.39 is 0 Å². The molecule has 0 atom stereocenters. The van der Waals surface area contributed by atoms with Crippen molar-refractivity contribution < 1.29 is 0 Å². The van der Waals surface area contributed by atoms with Gasteiger partial charge in [-0.3, -0.25) is 0 Å². The standard InChI is InChI=1S/C44H26N2S/c1-2-13-41-35(10-1)38-12-5-11-34(44(38)47-41)31-8-4-9-32(22-31)40-23-39(28-16-14-27(15-17-28)33-24-45-26-46-25-33)36-20-18-29-6-3-7-30-19-21-37(40)43(36)42(29)30/h1-26H. The summed E-state index contributed by atoms with van der Waals surface area (Å²) in [5.41, 5.74) is 9.53. The Bertz CT molecular complexity index is 2760. The molecule has 0 bridgehead atoms. The van der Waals surface area contributed by atoms with E-state index in [0.717, 1.165) is 11.1 Å². The van der Waals surface area contributed by atoms with Gasteiger partial charge in [0.05, 0.1) is 0 Å². The topological polar surface area (TPSA) is 25.8 Å². The van der Waals surface area contributed by atoms with Gasteiger partial charge in [0.1, 0.15) is 6.33 Å². The summed E-state index contributed by atoms with van der Waals surface area (Å²) in [7, 11) is 0. The molecular weight excluding hydrogens is 589 g/mol. The Kier molecular flexibility index (Phi) is 5.78. The van der Waals surface area contributed by atoms with Crippen LogP contribution in [0.15, 0.2) is 158 Å². The zero-order valence-corrected chi connectivity index (χ0v) is 26.1. The quantitative estimate of drug-likeness (QED) is 0.184. The highest BCUT2D eigenvalue weighted by molar-refractivity contribution is 7.26. The molecule has 0 aliphatic carbocycles. The number of fused-ring (bicyclic) bond motifs is 3. The molecule has 218 valence electrons. The second-order valence-corrected chi connectivity index (χ2v) is 13.3. The largest absolute Gasteiger partial charge is 0.244 e. The molecule has 10 aromatic rings. The Hall–Kier alpha value is -5.90. The fraction of sp³-hybridized carbons (Fsp3) is 0. The number of rotatable bonds is 4. The van der Waals surface area contributed by atoms with Crippen molar-refractivity contribution in [3.63, 3.8) is 0 Å². The summed E-state index contributed by atoms with van der Waals surface area (Å²) >= 11 is 1.88. The van der Waals surface area contributed by atoms with Crippen molar-refractivity contribution in [1.82, 2.24) is 9.97 Å². The fourth-order valence-corrected chi connectivity index (χ4v) is 8.67. The minimum atomic E-state index is 1.01. The summed E-state index contributed by atoms with van der Waals surface area (Å²) in [5, 5.41) is 10.4. The molecule has 0 aliphatic heterocycles. The van der Waals surface area contributed by atoms with Crippen LogP contribution in [0, 0.1) is 0 Å². The van der Waals surface area contributed by atoms with Crippen molar-refractivity contribution in [2.45, 2.75) is 0 Å². The van der Waals surface area contributed by atoms with Crippen LogP contribution in [-0.2, 0) is 0 Å². The summed E-state index contributed by atoms with van der Waals surface area (Å²) in [6.45, 7) is 0. The van der Waals surface area contributed by atoms with Gasteiger partial charge in [-0.25, -0.2) is 9.97 Å². The fourth-order valence-electron chi connectivity index (χ4n) is 7.43. The molecule has 0 fully saturated rings. The van der Waals surface area contributed by atoms with Crippen LogP contribution in [0.4, 0.5) is 0 Å². The Balaban J connectivity index is 1.21. The van der Waals surface area contributed by atoms with Gasteiger partial charge in [0.15, 0.2) is 0 Å². The second-order valence-electron chi connectivity index (χ2n) is 12.2. The highest BCUT2D eigenvalue weighted by Crippen LogP contribution is 2.45. The van der Waals surface area contributed by atoms with Crippen molar-refractivity contribution in [1.29, 1.82) is 0 Å². The Morgan fingerprint density at radius 2 is 1.02 bits per heavy atom. The third kappa shape index (κ3) is 4.10. The van der Waals surface area contributed by atoms with Gasteiger partial charge in [-0.2, -0.15) is 0 Å². The molecule has 3 heteroatoms. The SMILES string of the molecule is c1cc(-c2cc(-c3ccc(-c4cncnc4)cc3)c3ccc4cccc5ccc2c3c45)cc(-c2cccc3c2sc2ccccc23)c1. The Morgan fingerprint density at radius 3 is 1.81 bits per heavy atom. The van der Waals surface area contributed by atoms with Crippen LogP contribution >= 0.6 is 11.3 Å². The lowest BCUT2D eigenvalue weighted by atomic mass is 9.85. The Labute approximate surface area is 275 Å². The van der Waals surface area contributed by atoms with Crippen LogP contribution < -0.4 is 0 Å². The first-order chi connectivity index (χ1) is 23.3. The average Bonchev–Trinajstić information content (AvgIpc) is 3.53. The first-order valence-corrected chi connectivity index (χ1v) is 16.7. The summed E-state index contributed by atoms with van der Waals surface area (Å²) in [6.07, 6.45) is 5.30. The molecule has 0 spiro atoms. The van der Waals surface area contributed by atoms with Gasteiger partial charge in [-0.15, -0.1) is 11.3 Å². The molecule has 10 rings (SSSR count). The highest BCUT2D eigenvalue weighted by atomic mass is 32.1. The third-order valence-electron chi connectivity index (χ3n) is 9.62. The Morgan fingerprint density at radius 1 is 0.383 bits per heavy atom. The number of hydrogen-bond donors (Lipinski definition) is 0. The van der Waals surface area contributed by atoms with Gasteiger partial charge in [-0.05, 0) is 89.5 Å². The summed E-state index contributed by atoms with van der Waals surface area (Å²) in [4.78, 5) is 8.44. The normalized spacial score (nSPS) is 11.8. The maximum absolute atomic E-state index is 4.22. The van der Waals surface area contributed by atoms with E-state index in [1.165, 1.54) is 85.9 Å². The van der Waals surface area contributed by atoms with Crippen molar-refractivity contribution in [2.24, 2.45) is 0 Å². The summed E-state index contributed by atoms with van der Waals surface area (Å²) < 4.78 is 2.67. The lowest BCUT2D eigenvalue weighted by molar-refractivity contribution is 1.17. The van der Waals surface area contributed by atoms with Gasteiger partial charge < -0.3 is 0 Å². The van der Waals surface area contributed by atoms with Crippen LogP contribution in [0.5, 0.6) is 0 Å². The number of nitrogens with zero attached hydrogens (tertiary/aromatic N) is 2. The second kappa shape index (κ2) is 10.3. The van der Waals surface area contributed by atoms with E-state index in [2.05, 4.69) is 149 Å². The maximum atomic E-state index is 4.22. The summed E-state index contributed by atoms with van der Waals surface area (Å²) in [6, 6.07) is 51.6. The molecule has 0 saturated carbocycles. The van der Waals surface area contributed by atoms with Gasteiger partial charge in [0, 0.05) is 38.1 Å². The van der Waals surface area contributed by atoms with Gasteiger partial charge in [0.25, 0.3) is 0 Å². The summed E-state index contributed by atoms with van der Waals surface area (Å²) in [5.74, 6) is 0. The zero-order valence-electron chi connectivity index (χ0n) is 25.3. The molecule has 0 saturated heterocycles. The molecule has 2 aromatic heterocycles. The molecule has 0 unspecified atom stereocenters. The van der Waals surface area contributed by atoms with Crippen molar-refractivity contribution in [3.05, 3.63) is 158 Å². The predicted octanol–water partition coefficient (Wildman–Crippen LogP) is 12.4. The molecule has 0 aliphatic rings. The van der Waals surface area contributed by atoms with E-state index in [-0.39, 0.29) is 0 Å². The monoisotopic (exact) mass is 614 g/mol. The molecule has 2 nitrogen and oxygen atoms in total. The van der Waals surface area contributed by atoms with Crippen LogP contribution in [0.1, 0.15) is 0 Å². The first kappa shape index (κ1) is 26.3. The van der Waals surface area contributed by atoms with Crippen LogP contribution in [0.3, 0.4) is 0 Å². The van der Waals surface area contributed by atoms with E-state index in [0.29, 0.717) is 0 Å². The lowest BCUT2D eigenvalue weighted by Crippen LogP contribution is -1.91. The molecule has 0 radical (unpaired) electrons. The van der Waals surface area contributed by atoms with Crippen LogP contribution in [-0.4, -0.2) is 9.97 Å². The van der Waals surface area contributed by atoms with Crippen LogP contribution in [0.2, 0.25) is 0 Å². The van der Waals surface area contributed by atoms with Crippen molar-refractivity contribution in [3.8, 4) is 44.5 Å². The van der Waals surface area contributed by atoms with Crippen molar-refractivity contribution in [2.75, 3.05) is 0 Å². The van der Waals surface area contributed by atoms with Crippen molar-refractivity contribution >= 4 is 63.8 Å². The lowest BCUT2D eigenvalue weighted by Gasteiger charge is -2.18. The van der Waals surface area contributed by atoms with E-state index in [1.54, 1.807) is 6.33 Å². The van der Waals surface area contributed by atoms with Gasteiger partial charge >= 0.3 is 0 Å². The van der Waals surface area contributed by atoms with E-state index in [4.69, 9.17) is 0 Å². The van der Waals surface area contributed by atoms with E-state index >= 15 is 0 Å². The minimum absolute atomic E-state index is 1.01. The molecular formula is C44H26N2S. The molecule has 8 aromatic carbocycles. The average molecular weight is 615 g/mol. The maximum Gasteiger partial charge on any atom is 0.115 e. The van der Waals surface area contributed by atoms with E-state index in [9.17, 15) is 0 Å². The van der Waals surface area contributed by atoms with Crippen LogP contribution in [0.25, 0.3) is 97.0 Å².